The molecule has 2 N–H and O–H groups in total. The molecule has 2 unspecified atom stereocenters. The Bertz CT molecular complexity index is 379. The Balaban J connectivity index is 1.98. The molecule has 2 rings (SSSR count). The minimum Gasteiger partial charge on any atom is -0.490 e. The number of benzene rings is 1. The van der Waals surface area contributed by atoms with Gasteiger partial charge in [0.1, 0.15) is 5.75 Å². The van der Waals surface area contributed by atoms with Crippen molar-refractivity contribution in [1.29, 1.82) is 0 Å². The van der Waals surface area contributed by atoms with Gasteiger partial charge in [-0.15, -0.1) is 0 Å². The van der Waals surface area contributed by atoms with Crippen molar-refractivity contribution in [3.05, 3.63) is 29.8 Å². The molecule has 0 saturated carbocycles. The summed E-state index contributed by atoms with van der Waals surface area (Å²) in [4.78, 5) is 2.38. The maximum Gasteiger partial charge on any atom is 0.120 e. The fourth-order valence-corrected chi connectivity index (χ4v) is 2.39. The van der Waals surface area contributed by atoms with Crippen molar-refractivity contribution >= 4 is 0 Å². The van der Waals surface area contributed by atoms with Gasteiger partial charge in [0.25, 0.3) is 0 Å². The van der Waals surface area contributed by atoms with E-state index >= 15 is 0 Å². The standard InChI is InChI=1S/C15H24N2O/c1-12(16)13-5-3-6-15(11-13)18-14-7-4-9-17(2)10-8-14/h3,5-6,11-12,14H,4,7-10,16H2,1-2H3. The number of rotatable bonds is 3. The summed E-state index contributed by atoms with van der Waals surface area (Å²) in [7, 11) is 2.18. The third kappa shape index (κ3) is 3.72. The SMILES string of the molecule is CC(N)c1cccc(OC2CCCN(C)CC2)c1. The van der Waals surface area contributed by atoms with Crippen LogP contribution in [0.5, 0.6) is 5.75 Å². The van der Waals surface area contributed by atoms with Crippen molar-refractivity contribution in [3.63, 3.8) is 0 Å². The fourth-order valence-electron chi connectivity index (χ4n) is 2.39. The van der Waals surface area contributed by atoms with E-state index in [2.05, 4.69) is 24.1 Å². The molecule has 0 radical (unpaired) electrons. The Kier molecular flexibility index (Phi) is 4.61. The van der Waals surface area contributed by atoms with E-state index < -0.39 is 0 Å². The lowest BCUT2D eigenvalue weighted by Crippen LogP contribution is -2.21. The lowest BCUT2D eigenvalue weighted by molar-refractivity contribution is 0.183. The van der Waals surface area contributed by atoms with Crippen LogP contribution in [0, 0.1) is 0 Å². The zero-order valence-electron chi connectivity index (χ0n) is 11.4. The second-order valence-electron chi connectivity index (χ2n) is 5.34. The van der Waals surface area contributed by atoms with Crippen LogP contribution in [0.25, 0.3) is 0 Å². The Labute approximate surface area is 110 Å². The lowest BCUT2D eigenvalue weighted by atomic mass is 10.1. The van der Waals surface area contributed by atoms with Crippen LogP contribution in [0.1, 0.15) is 37.8 Å². The molecule has 0 bridgehead atoms. The molecule has 1 aliphatic heterocycles. The van der Waals surface area contributed by atoms with Crippen molar-refractivity contribution in [2.75, 3.05) is 20.1 Å². The van der Waals surface area contributed by atoms with Crippen LogP contribution in [0.15, 0.2) is 24.3 Å². The first kappa shape index (κ1) is 13.4. The number of ether oxygens (including phenoxy) is 1. The van der Waals surface area contributed by atoms with Gasteiger partial charge < -0.3 is 15.4 Å². The van der Waals surface area contributed by atoms with Crippen LogP contribution in [-0.2, 0) is 0 Å². The first-order chi connectivity index (χ1) is 8.65. The van der Waals surface area contributed by atoms with Crippen molar-refractivity contribution < 1.29 is 4.74 Å². The van der Waals surface area contributed by atoms with Gasteiger partial charge in [0.2, 0.25) is 0 Å². The number of likely N-dealkylation sites (tertiary alicyclic amines) is 1. The summed E-state index contributed by atoms with van der Waals surface area (Å²) in [6.45, 7) is 4.30. The van der Waals surface area contributed by atoms with Gasteiger partial charge in [-0.1, -0.05) is 12.1 Å². The van der Waals surface area contributed by atoms with Crippen LogP contribution in [-0.4, -0.2) is 31.1 Å². The van der Waals surface area contributed by atoms with E-state index in [1.165, 1.54) is 13.0 Å². The molecule has 0 aliphatic carbocycles. The van der Waals surface area contributed by atoms with Crippen molar-refractivity contribution in [3.8, 4) is 5.75 Å². The first-order valence-corrected chi connectivity index (χ1v) is 6.86. The largest absolute Gasteiger partial charge is 0.490 e. The highest BCUT2D eigenvalue weighted by molar-refractivity contribution is 5.30. The third-order valence-electron chi connectivity index (χ3n) is 3.59. The third-order valence-corrected chi connectivity index (χ3v) is 3.59. The molecule has 1 saturated heterocycles. The van der Waals surface area contributed by atoms with E-state index in [0.717, 1.165) is 30.7 Å². The summed E-state index contributed by atoms with van der Waals surface area (Å²) in [6, 6.07) is 8.24. The molecule has 2 atom stereocenters. The molecule has 100 valence electrons. The molecule has 1 fully saturated rings. The Morgan fingerprint density at radius 2 is 2.17 bits per heavy atom. The quantitative estimate of drug-likeness (QED) is 0.893. The summed E-state index contributed by atoms with van der Waals surface area (Å²) < 4.78 is 6.09. The van der Waals surface area contributed by atoms with E-state index in [0.29, 0.717) is 6.10 Å². The van der Waals surface area contributed by atoms with E-state index in [-0.39, 0.29) is 6.04 Å². The monoisotopic (exact) mass is 248 g/mol. The van der Waals surface area contributed by atoms with Crippen molar-refractivity contribution in [2.45, 2.75) is 38.3 Å². The normalized spacial score (nSPS) is 23.4. The minimum absolute atomic E-state index is 0.0637. The number of hydrogen-bond donors (Lipinski definition) is 1. The van der Waals surface area contributed by atoms with E-state index in [1.807, 2.05) is 19.1 Å². The smallest absolute Gasteiger partial charge is 0.120 e. The molecular weight excluding hydrogens is 224 g/mol. The molecule has 1 aromatic carbocycles. The second-order valence-corrected chi connectivity index (χ2v) is 5.34. The van der Waals surface area contributed by atoms with Gasteiger partial charge in [-0.3, -0.25) is 0 Å². The van der Waals surface area contributed by atoms with Crippen LogP contribution in [0.4, 0.5) is 0 Å². The Morgan fingerprint density at radius 1 is 1.33 bits per heavy atom. The van der Waals surface area contributed by atoms with Gasteiger partial charge in [0.05, 0.1) is 6.10 Å². The molecule has 3 heteroatoms. The predicted octanol–water partition coefficient (Wildman–Crippen LogP) is 2.57. The van der Waals surface area contributed by atoms with E-state index in [4.69, 9.17) is 10.5 Å². The molecule has 18 heavy (non-hydrogen) atoms. The zero-order valence-corrected chi connectivity index (χ0v) is 11.4. The molecule has 0 aromatic heterocycles. The Morgan fingerprint density at radius 3 is 2.94 bits per heavy atom. The number of nitrogens with zero attached hydrogens (tertiary/aromatic N) is 1. The topological polar surface area (TPSA) is 38.5 Å². The predicted molar refractivity (Wildman–Crippen MR) is 74.8 cm³/mol. The molecule has 1 aliphatic rings. The maximum absolute atomic E-state index is 6.09. The summed E-state index contributed by atoms with van der Waals surface area (Å²) in [5.41, 5.74) is 7.03. The second kappa shape index (κ2) is 6.21. The van der Waals surface area contributed by atoms with Gasteiger partial charge >= 0.3 is 0 Å². The highest BCUT2D eigenvalue weighted by Crippen LogP contribution is 2.22. The molecular formula is C15H24N2O. The molecule has 3 nitrogen and oxygen atoms in total. The number of hydrogen-bond acceptors (Lipinski definition) is 3. The number of nitrogens with two attached hydrogens (primary N) is 1. The van der Waals surface area contributed by atoms with Crippen LogP contribution >= 0.6 is 0 Å². The summed E-state index contributed by atoms with van der Waals surface area (Å²) in [5.74, 6) is 0.958. The molecule has 1 aromatic rings. The van der Waals surface area contributed by atoms with Crippen molar-refractivity contribution in [2.24, 2.45) is 5.73 Å². The van der Waals surface area contributed by atoms with Crippen LogP contribution in [0.3, 0.4) is 0 Å². The van der Waals surface area contributed by atoms with Gasteiger partial charge in [0.15, 0.2) is 0 Å². The van der Waals surface area contributed by atoms with Crippen LogP contribution in [0.2, 0.25) is 0 Å². The highest BCUT2D eigenvalue weighted by atomic mass is 16.5. The Hall–Kier alpha value is -1.06. The van der Waals surface area contributed by atoms with E-state index in [1.54, 1.807) is 0 Å². The van der Waals surface area contributed by atoms with Gasteiger partial charge in [0, 0.05) is 12.6 Å². The molecule has 0 spiro atoms. The zero-order chi connectivity index (χ0) is 13.0. The van der Waals surface area contributed by atoms with Crippen molar-refractivity contribution in [1.82, 2.24) is 4.90 Å². The summed E-state index contributed by atoms with van der Waals surface area (Å²) in [5, 5.41) is 0. The van der Waals surface area contributed by atoms with Gasteiger partial charge in [-0.05, 0) is 57.5 Å². The van der Waals surface area contributed by atoms with Gasteiger partial charge in [-0.2, -0.15) is 0 Å². The van der Waals surface area contributed by atoms with Crippen LogP contribution < -0.4 is 10.5 Å². The average molecular weight is 248 g/mol. The fraction of sp³-hybridized carbons (Fsp3) is 0.600. The van der Waals surface area contributed by atoms with E-state index in [9.17, 15) is 0 Å². The molecule has 1 heterocycles. The minimum atomic E-state index is 0.0637. The lowest BCUT2D eigenvalue weighted by Gasteiger charge is -2.18. The summed E-state index contributed by atoms with van der Waals surface area (Å²) >= 11 is 0. The maximum atomic E-state index is 6.09. The molecule has 0 amide bonds. The average Bonchev–Trinajstić information content (AvgIpc) is 2.55. The summed E-state index contributed by atoms with van der Waals surface area (Å²) in [6.07, 6.45) is 3.82. The van der Waals surface area contributed by atoms with Gasteiger partial charge in [-0.25, -0.2) is 0 Å². The highest BCUT2D eigenvalue weighted by Gasteiger charge is 2.16. The first-order valence-electron chi connectivity index (χ1n) is 6.86.